The number of hydrogen-bond acceptors (Lipinski definition) is 2. The van der Waals surface area contributed by atoms with Crippen LogP contribution in [0.3, 0.4) is 0 Å². The fourth-order valence-corrected chi connectivity index (χ4v) is 3.12. The highest BCUT2D eigenvalue weighted by Crippen LogP contribution is 2.36. The van der Waals surface area contributed by atoms with Crippen LogP contribution >= 0.6 is 0 Å². The van der Waals surface area contributed by atoms with E-state index in [0.29, 0.717) is 0 Å². The molecule has 2 heteroatoms. The molecule has 0 bridgehead atoms. The Morgan fingerprint density at radius 3 is 2.62 bits per heavy atom. The zero-order chi connectivity index (χ0) is 11.5. The van der Waals surface area contributed by atoms with E-state index in [1.165, 1.54) is 45.3 Å². The average Bonchev–Trinajstić information content (AvgIpc) is 3.01. The van der Waals surface area contributed by atoms with Crippen LogP contribution < -0.4 is 5.32 Å². The fourth-order valence-electron chi connectivity index (χ4n) is 3.12. The molecule has 2 atom stereocenters. The van der Waals surface area contributed by atoms with Crippen molar-refractivity contribution in [3.05, 3.63) is 0 Å². The maximum absolute atomic E-state index is 3.77. The van der Waals surface area contributed by atoms with Gasteiger partial charge >= 0.3 is 0 Å². The van der Waals surface area contributed by atoms with Crippen molar-refractivity contribution in [3.63, 3.8) is 0 Å². The molecule has 1 heterocycles. The molecule has 2 aliphatic rings. The zero-order valence-electron chi connectivity index (χ0n) is 11.2. The molecule has 16 heavy (non-hydrogen) atoms. The van der Waals surface area contributed by atoms with E-state index < -0.39 is 0 Å². The summed E-state index contributed by atoms with van der Waals surface area (Å²) < 4.78 is 0. The minimum atomic E-state index is 0.738. The zero-order valence-corrected chi connectivity index (χ0v) is 11.2. The van der Waals surface area contributed by atoms with Crippen molar-refractivity contribution in [3.8, 4) is 0 Å². The minimum Gasteiger partial charge on any atom is -0.311 e. The van der Waals surface area contributed by atoms with Gasteiger partial charge in [0.15, 0.2) is 0 Å². The quantitative estimate of drug-likeness (QED) is 0.772. The van der Waals surface area contributed by atoms with Crippen LogP contribution in [0.25, 0.3) is 0 Å². The first-order chi connectivity index (χ1) is 7.70. The number of piperazine rings is 1. The molecule has 0 aromatic rings. The molecule has 1 N–H and O–H groups in total. The van der Waals surface area contributed by atoms with Gasteiger partial charge in [-0.15, -0.1) is 0 Å². The van der Waals surface area contributed by atoms with Crippen LogP contribution in [0.15, 0.2) is 0 Å². The highest BCUT2D eigenvalue weighted by Gasteiger charge is 2.38. The number of nitrogens with one attached hydrogen (secondary N) is 1. The van der Waals surface area contributed by atoms with E-state index in [4.69, 9.17) is 0 Å². The molecule has 0 radical (unpaired) electrons. The van der Waals surface area contributed by atoms with Crippen LogP contribution in [0.2, 0.25) is 0 Å². The monoisotopic (exact) mass is 224 g/mol. The molecular weight excluding hydrogens is 196 g/mol. The molecule has 94 valence electrons. The minimum absolute atomic E-state index is 0.738. The van der Waals surface area contributed by atoms with Crippen molar-refractivity contribution in [2.24, 2.45) is 11.8 Å². The maximum Gasteiger partial charge on any atom is 0.0249 e. The van der Waals surface area contributed by atoms with Gasteiger partial charge in [0.2, 0.25) is 0 Å². The van der Waals surface area contributed by atoms with E-state index in [2.05, 4.69) is 31.0 Å². The van der Waals surface area contributed by atoms with E-state index in [-0.39, 0.29) is 0 Å². The van der Waals surface area contributed by atoms with Crippen molar-refractivity contribution in [1.29, 1.82) is 0 Å². The lowest BCUT2D eigenvalue weighted by Crippen LogP contribution is -2.57. The summed E-state index contributed by atoms with van der Waals surface area (Å²) in [6.07, 6.45) is 5.58. The Labute approximate surface area is 101 Å². The van der Waals surface area contributed by atoms with Crippen molar-refractivity contribution >= 4 is 0 Å². The van der Waals surface area contributed by atoms with Gasteiger partial charge in [-0.2, -0.15) is 0 Å². The van der Waals surface area contributed by atoms with E-state index in [9.17, 15) is 0 Å². The van der Waals surface area contributed by atoms with Crippen LogP contribution in [-0.4, -0.2) is 36.6 Å². The van der Waals surface area contributed by atoms with Gasteiger partial charge in [-0.3, -0.25) is 4.90 Å². The lowest BCUT2D eigenvalue weighted by molar-refractivity contribution is 0.108. The molecular formula is C14H28N2. The predicted octanol–water partition coefficient (Wildman–Crippen LogP) is 2.49. The molecule has 0 amide bonds. The number of nitrogens with zero attached hydrogens (tertiary/aromatic N) is 1. The normalized spacial score (nSPS) is 32.2. The molecule has 2 fully saturated rings. The van der Waals surface area contributed by atoms with Gasteiger partial charge in [0.05, 0.1) is 0 Å². The molecule has 0 spiro atoms. The van der Waals surface area contributed by atoms with Crippen LogP contribution in [0.4, 0.5) is 0 Å². The summed E-state index contributed by atoms with van der Waals surface area (Å²) in [5.41, 5.74) is 0. The smallest absolute Gasteiger partial charge is 0.0249 e. The van der Waals surface area contributed by atoms with E-state index in [1.54, 1.807) is 0 Å². The predicted molar refractivity (Wildman–Crippen MR) is 69.6 cm³/mol. The van der Waals surface area contributed by atoms with Gasteiger partial charge < -0.3 is 5.32 Å². The Bertz CT molecular complexity index is 211. The SMILES string of the molecule is CCCN1CC(CC(C)C)NCC1C1CC1. The van der Waals surface area contributed by atoms with Crippen LogP contribution in [0, 0.1) is 11.8 Å². The third-order valence-corrected chi connectivity index (χ3v) is 3.97. The molecule has 2 unspecified atom stereocenters. The fraction of sp³-hybridized carbons (Fsp3) is 1.00. The molecule has 0 aromatic carbocycles. The van der Waals surface area contributed by atoms with Gasteiger partial charge in [0.1, 0.15) is 0 Å². The Hall–Kier alpha value is -0.0800. The summed E-state index contributed by atoms with van der Waals surface area (Å²) in [5.74, 6) is 1.83. The molecule has 1 aliphatic carbocycles. The van der Waals surface area contributed by atoms with Gasteiger partial charge in [-0.05, 0) is 44.1 Å². The lowest BCUT2D eigenvalue weighted by Gasteiger charge is -2.41. The van der Waals surface area contributed by atoms with Crippen molar-refractivity contribution in [1.82, 2.24) is 10.2 Å². The number of hydrogen-bond donors (Lipinski definition) is 1. The van der Waals surface area contributed by atoms with E-state index in [0.717, 1.165) is 23.9 Å². The van der Waals surface area contributed by atoms with Crippen LogP contribution in [-0.2, 0) is 0 Å². The Kier molecular flexibility index (Phi) is 4.26. The summed E-state index contributed by atoms with van der Waals surface area (Å²) in [7, 11) is 0. The molecule has 0 aromatic heterocycles. The van der Waals surface area contributed by atoms with Gasteiger partial charge in [0, 0.05) is 25.2 Å². The number of rotatable bonds is 5. The lowest BCUT2D eigenvalue weighted by atomic mass is 9.98. The molecule has 1 aliphatic heterocycles. The summed E-state index contributed by atoms with van der Waals surface area (Å²) >= 11 is 0. The third-order valence-electron chi connectivity index (χ3n) is 3.97. The van der Waals surface area contributed by atoms with E-state index >= 15 is 0 Å². The Morgan fingerprint density at radius 2 is 2.06 bits per heavy atom. The highest BCUT2D eigenvalue weighted by molar-refractivity contribution is 4.95. The summed E-state index contributed by atoms with van der Waals surface area (Å²) in [5, 5.41) is 3.77. The largest absolute Gasteiger partial charge is 0.311 e. The van der Waals surface area contributed by atoms with E-state index in [1.807, 2.05) is 0 Å². The standard InChI is InChI=1S/C14H28N2/c1-4-7-16-10-13(8-11(2)3)15-9-14(16)12-5-6-12/h11-15H,4-10H2,1-3H3. The van der Waals surface area contributed by atoms with Crippen molar-refractivity contribution in [2.45, 2.75) is 58.5 Å². The second-order valence-electron chi connectivity index (χ2n) is 6.13. The van der Waals surface area contributed by atoms with Gasteiger partial charge in [-0.25, -0.2) is 0 Å². The Morgan fingerprint density at radius 1 is 1.31 bits per heavy atom. The first kappa shape index (κ1) is 12.4. The molecule has 1 saturated heterocycles. The molecule has 2 rings (SSSR count). The first-order valence-electron chi connectivity index (χ1n) is 7.18. The Balaban J connectivity index is 1.86. The second kappa shape index (κ2) is 5.50. The van der Waals surface area contributed by atoms with Crippen molar-refractivity contribution in [2.75, 3.05) is 19.6 Å². The maximum atomic E-state index is 3.77. The summed E-state index contributed by atoms with van der Waals surface area (Å²) in [6, 6.07) is 1.59. The second-order valence-corrected chi connectivity index (χ2v) is 6.13. The third kappa shape index (κ3) is 3.21. The van der Waals surface area contributed by atoms with Crippen molar-refractivity contribution < 1.29 is 0 Å². The molecule has 1 saturated carbocycles. The summed E-state index contributed by atoms with van der Waals surface area (Å²) in [6.45, 7) is 10.8. The molecule has 2 nitrogen and oxygen atoms in total. The summed E-state index contributed by atoms with van der Waals surface area (Å²) in [4.78, 5) is 2.77. The van der Waals surface area contributed by atoms with Crippen LogP contribution in [0.1, 0.15) is 46.5 Å². The van der Waals surface area contributed by atoms with Gasteiger partial charge in [0.25, 0.3) is 0 Å². The highest BCUT2D eigenvalue weighted by atomic mass is 15.2. The average molecular weight is 224 g/mol. The topological polar surface area (TPSA) is 15.3 Å². The van der Waals surface area contributed by atoms with Crippen LogP contribution in [0.5, 0.6) is 0 Å². The van der Waals surface area contributed by atoms with Gasteiger partial charge in [-0.1, -0.05) is 20.8 Å². The first-order valence-corrected chi connectivity index (χ1v) is 7.18.